The van der Waals surface area contributed by atoms with Gasteiger partial charge in [-0.1, -0.05) is 28.9 Å². The number of hydrogen-bond acceptors (Lipinski definition) is 4. The highest BCUT2D eigenvalue weighted by Crippen LogP contribution is 2.18. The summed E-state index contributed by atoms with van der Waals surface area (Å²) in [6.07, 6.45) is 2.15. The lowest BCUT2D eigenvalue weighted by molar-refractivity contribution is 0.408. The summed E-state index contributed by atoms with van der Waals surface area (Å²) in [5, 5.41) is 7.27. The zero-order valence-electron chi connectivity index (χ0n) is 11.1. The summed E-state index contributed by atoms with van der Waals surface area (Å²) in [6, 6.07) is 6.88. The van der Waals surface area contributed by atoms with E-state index < -0.39 is 0 Å². The van der Waals surface area contributed by atoms with E-state index in [2.05, 4.69) is 54.4 Å². The Kier molecular flexibility index (Phi) is 4.10. The third-order valence-corrected chi connectivity index (χ3v) is 3.11. The van der Waals surface area contributed by atoms with Crippen molar-refractivity contribution in [3.63, 3.8) is 0 Å². The quantitative estimate of drug-likeness (QED) is 0.879. The van der Waals surface area contributed by atoms with Gasteiger partial charge in [-0.15, -0.1) is 0 Å². The molecule has 96 valence electrons. The Morgan fingerprint density at radius 3 is 2.89 bits per heavy atom. The second kappa shape index (κ2) is 5.78. The first-order chi connectivity index (χ1) is 8.66. The fourth-order valence-electron chi connectivity index (χ4n) is 2.04. The fraction of sp³-hybridized carbons (Fsp3) is 0.429. The van der Waals surface area contributed by atoms with Crippen molar-refractivity contribution < 1.29 is 4.52 Å². The van der Waals surface area contributed by atoms with Crippen LogP contribution in [0.1, 0.15) is 35.5 Å². The molecule has 2 rings (SSSR count). The molecule has 1 aromatic carbocycles. The molecule has 1 aromatic heterocycles. The van der Waals surface area contributed by atoms with Crippen molar-refractivity contribution in [2.75, 3.05) is 6.54 Å². The van der Waals surface area contributed by atoms with Crippen molar-refractivity contribution in [2.45, 2.75) is 33.2 Å². The van der Waals surface area contributed by atoms with E-state index in [-0.39, 0.29) is 0 Å². The van der Waals surface area contributed by atoms with Crippen LogP contribution < -0.4 is 5.32 Å². The molecule has 0 bridgehead atoms. The van der Waals surface area contributed by atoms with Crippen molar-refractivity contribution in [3.05, 3.63) is 47.1 Å². The van der Waals surface area contributed by atoms with Crippen LogP contribution in [0.2, 0.25) is 0 Å². The molecule has 4 heteroatoms. The standard InChI is InChI=1S/C14H19N3O/c1-10-4-5-11(2)13(8-10)12(3)15-7-6-14-16-9-18-17-14/h4-5,8-9,12,15H,6-7H2,1-3H3. The molecule has 0 aliphatic heterocycles. The van der Waals surface area contributed by atoms with Gasteiger partial charge in [0, 0.05) is 19.0 Å². The Labute approximate surface area is 107 Å². The highest BCUT2D eigenvalue weighted by molar-refractivity contribution is 5.32. The van der Waals surface area contributed by atoms with E-state index in [9.17, 15) is 0 Å². The van der Waals surface area contributed by atoms with Crippen LogP contribution in [0, 0.1) is 13.8 Å². The monoisotopic (exact) mass is 245 g/mol. The molecule has 0 spiro atoms. The molecule has 0 radical (unpaired) electrons. The van der Waals surface area contributed by atoms with Crippen LogP contribution in [0.4, 0.5) is 0 Å². The zero-order valence-corrected chi connectivity index (χ0v) is 11.1. The summed E-state index contributed by atoms with van der Waals surface area (Å²) in [7, 11) is 0. The van der Waals surface area contributed by atoms with Gasteiger partial charge in [-0.25, -0.2) is 0 Å². The smallest absolute Gasteiger partial charge is 0.213 e. The van der Waals surface area contributed by atoms with Crippen molar-refractivity contribution in [2.24, 2.45) is 0 Å². The normalized spacial score (nSPS) is 12.6. The molecule has 0 aliphatic rings. The predicted molar refractivity (Wildman–Crippen MR) is 70.3 cm³/mol. The molecule has 0 amide bonds. The molecular weight excluding hydrogens is 226 g/mol. The van der Waals surface area contributed by atoms with Gasteiger partial charge >= 0.3 is 0 Å². The molecule has 1 atom stereocenters. The van der Waals surface area contributed by atoms with Gasteiger partial charge in [0.15, 0.2) is 5.82 Å². The number of nitrogens with zero attached hydrogens (tertiary/aromatic N) is 2. The Morgan fingerprint density at radius 2 is 2.17 bits per heavy atom. The highest BCUT2D eigenvalue weighted by Gasteiger charge is 2.08. The lowest BCUT2D eigenvalue weighted by Crippen LogP contribution is -2.22. The van der Waals surface area contributed by atoms with Gasteiger partial charge in [0.05, 0.1) is 0 Å². The summed E-state index contributed by atoms with van der Waals surface area (Å²) in [4.78, 5) is 4.00. The minimum Gasteiger partial charge on any atom is -0.343 e. The van der Waals surface area contributed by atoms with Crippen molar-refractivity contribution >= 4 is 0 Å². The molecule has 1 heterocycles. The molecule has 2 aromatic rings. The maximum absolute atomic E-state index is 4.70. The van der Waals surface area contributed by atoms with E-state index in [1.807, 2.05) is 0 Å². The molecule has 0 saturated heterocycles. The van der Waals surface area contributed by atoms with Crippen LogP contribution in [0.25, 0.3) is 0 Å². The van der Waals surface area contributed by atoms with E-state index >= 15 is 0 Å². The third kappa shape index (κ3) is 3.17. The second-order valence-electron chi connectivity index (χ2n) is 4.63. The minimum atomic E-state index is 0.330. The molecular formula is C14H19N3O. The van der Waals surface area contributed by atoms with Crippen molar-refractivity contribution in [1.82, 2.24) is 15.5 Å². The number of aryl methyl sites for hydroxylation is 2. The van der Waals surface area contributed by atoms with E-state index in [1.54, 1.807) is 0 Å². The van der Waals surface area contributed by atoms with E-state index in [4.69, 9.17) is 4.52 Å². The maximum Gasteiger partial charge on any atom is 0.213 e. The first kappa shape index (κ1) is 12.8. The topological polar surface area (TPSA) is 51.0 Å². The number of benzene rings is 1. The third-order valence-electron chi connectivity index (χ3n) is 3.11. The molecule has 0 fully saturated rings. The highest BCUT2D eigenvalue weighted by atomic mass is 16.5. The fourth-order valence-corrected chi connectivity index (χ4v) is 2.04. The number of rotatable bonds is 5. The number of aromatic nitrogens is 2. The second-order valence-corrected chi connectivity index (χ2v) is 4.63. The summed E-state index contributed by atoms with van der Waals surface area (Å²) in [5.74, 6) is 0.746. The van der Waals surface area contributed by atoms with Gasteiger partial charge in [0.25, 0.3) is 0 Å². The molecule has 0 aliphatic carbocycles. The number of hydrogen-bond donors (Lipinski definition) is 1. The zero-order chi connectivity index (χ0) is 13.0. The van der Waals surface area contributed by atoms with Gasteiger partial charge in [0.2, 0.25) is 6.39 Å². The molecule has 0 saturated carbocycles. The Hall–Kier alpha value is -1.68. The van der Waals surface area contributed by atoms with Crippen molar-refractivity contribution in [3.8, 4) is 0 Å². The van der Waals surface area contributed by atoms with E-state index in [1.165, 1.54) is 23.1 Å². The molecule has 4 nitrogen and oxygen atoms in total. The van der Waals surface area contributed by atoms with E-state index in [0.717, 1.165) is 18.8 Å². The van der Waals surface area contributed by atoms with Crippen LogP contribution in [-0.4, -0.2) is 16.7 Å². The van der Waals surface area contributed by atoms with Crippen LogP contribution in [0.15, 0.2) is 29.1 Å². The maximum atomic E-state index is 4.70. The number of nitrogens with one attached hydrogen (secondary N) is 1. The Morgan fingerprint density at radius 1 is 1.33 bits per heavy atom. The summed E-state index contributed by atoms with van der Waals surface area (Å²) in [5.41, 5.74) is 3.96. The van der Waals surface area contributed by atoms with Gasteiger partial charge in [-0.2, -0.15) is 4.98 Å². The van der Waals surface area contributed by atoms with Gasteiger partial charge < -0.3 is 9.84 Å². The first-order valence-corrected chi connectivity index (χ1v) is 6.22. The summed E-state index contributed by atoms with van der Waals surface area (Å²) >= 11 is 0. The van der Waals surface area contributed by atoms with Crippen LogP contribution in [0.3, 0.4) is 0 Å². The van der Waals surface area contributed by atoms with Crippen LogP contribution in [-0.2, 0) is 6.42 Å². The van der Waals surface area contributed by atoms with Crippen molar-refractivity contribution in [1.29, 1.82) is 0 Å². The van der Waals surface area contributed by atoms with E-state index in [0.29, 0.717) is 6.04 Å². The Bertz CT molecular complexity index is 494. The Balaban J connectivity index is 1.91. The molecule has 1 unspecified atom stereocenters. The largest absolute Gasteiger partial charge is 0.343 e. The average Bonchev–Trinajstić information content (AvgIpc) is 2.85. The molecule has 18 heavy (non-hydrogen) atoms. The summed E-state index contributed by atoms with van der Waals surface area (Å²) < 4.78 is 4.70. The van der Waals surface area contributed by atoms with Crippen LogP contribution in [0.5, 0.6) is 0 Å². The SMILES string of the molecule is Cc1ccc(C)c(C(C)NCCc2ncon2)c1. The summed E-state index contributed by atoms with van der Waals surface area (Å²) in [6.45, 7) is 7.28. The van der Waals surface area contributed by atoms with Gasteiger partial charge in [-0.3, -0.25) is 0 Å². The molecule has 1 N–H and O–H groups in total. The first-order valence-electron chi connectivity index (χ1n) is 6.22. The van der Waals surface area contributed by atoms with Gasteiger partial charge in [0.1, 0.15) is 0 Å². The predicted octanol–water partition coefficient (Wildman–Crippen LogP) is 2.58. The van der Waals surface area contributed by atoms with Gasteiger partial charge in [-0.05, 0) is 31.9 Å². The minimum absolute atomic E-state index is 0.330. The average molecular weight is 245 g/mol. The van der Waals surface area contributed by atoms with Crippen LogP contribution >= 0.6 is 0 Å². The lowest BCUT2D eigenvalue weighted by Gasteiger charge is -2.16. The lowest BCUT2D eigenvalue weighted by atomic mass is 10.00.